The molecule has 1 aromatic rings. The van der Waals surface area contributed by atoms with Gasteiger partial charge in [0.2, 0.25) is 5.91 Å². The van der Waals surface area contributed by atoms with Gasteiger partial charge < -0.3 is 4.90 Å². The molecule has 0 bridgehead atoms. The molecule has 0 aromatic carbocycles. The molecule has 1 N–H and O–H groups in total. The summed E-state index contributed by atoms with van der Waals surface area (Å²) in [6, 6.07) is 4.64. The maximum absolute atomic E-state index is 11.8. The minimum Gasteiger partial charge on any atom is -0.310 e. The van der Waals surface area contributed by atoms with E-state index in [1.165, 1.54) is 41.5 Å². The molecule has 0 spiro atoms. The molecule has 2 fully saturated rings. The van der Waals surface area contributed by atoms with Crippen LogP contribution in [0.4, 0.5) is 0 Å². The number of aliphatic imine (C=N–C) groups is 1. The van der Waals surface area contributed by atoms with Crippen molar-refractivity contribution < 1.29 is 9.69 Å². The minimum absolute atomic E-state index is 0.0341. The number of piperidine rings is 1. The zero-order valence-corrected chi connectivity index (χ0v) is 15.7. The third-order valence-electron chi connectivity index (χ3n) is 5.06. The highest BCUT2D eigenvalue weighted by Crippen LogP contribution is 2.28. The van der Waals surface area contributed by atoms with Crippen LogP contribution in [0.15, 0.2) is 29.5 Å². The van der Waals surface area contributed by atoms with Gasteiger partial charge >= 0.3 is 0 Å². The summed E-state index contributed by atoms with van der Waals surface area (Å²) in [5.74, 6) is -0.0341. The molecule has 4 rings (SSSR count). The van der Waals surface area contributed by atoms with Crippen molar-refractivity contribution in [1.29, 1.82) is 0 Å². The van der Waals surface area contributed by atoms with Crippen LogP contribution in [0, 0.1) is 0 Å². The van der Waals surface area contributed by atoms with Crippen LogP contribution in [-0.2, 0) is 4.79 Å². The Morgan fingerprint density at radius 1 is 1.36 bits per heavy atom. The molecule has 0 radical (unpaired) electrons. The van der Waals surface area contributed by atoms with Crippen LogP contribution in [0.5, 0.6) is 0 Å². The van der Waals surface area contributed by atoms with Gasteiger partial charge in [0.1, 0.15) is 6.04 Å². The van der Waals surface area contributed by atoms with Gasteiger partial charge in [-0.3, -0.25) is 14.8 Å². The number of carbonyl (C=O) groups excluding carboxylic acids is 1. The van der Waals surface area contributed by atoms with Gasteiger partial charge in [-0.05, 0) is 37.1 Å². The Balaban J connectivity index is 1.54. The summed E-state index contributed by atoms with van der Waals surface area (Å²) < 4.78 is 0.802. The molecule has 2 atom stereocenters. The van der Waals surface area contributed by atoms with E-state index >= 15 is 0 Å². The van der Waals surface area contributed by atoms with Gasteiger partial charge in [-0.1, -0.05) is 18.3 Å². The van der Waals surface area contributed by atoms with E-state index in [2.05, 4.69) is 26.1 Å². The van der Waals surface area contributed by atoms with Crippen LogP contribution in [0.3, 0.4) is 0 Å². The highest BCUT2D eigenvalue weighted by Gasteiger charge is 2.38. The Morgan fingerprint density at radius 3 is 3.12 bits per heavy atom. The first-order valence-corrected chi connectivity index (χ1v) is 10.1. The highest BCUT2D eigenvalue weighted by atomic mass is 32.2. The summed E-state index contributed by atoms with van der Waals surface area (Å²) in [4.78, 5) is 21.8. The van der Waals surface area contributed by atoms with Gasteiger partial charge in [0.05, 0.1) is 6.54 Å². The van der Waals surface area contributed by atoms with Crippen LogP contribution < -0.4 is 4.90 Å². The monoisotopic (exact) mass is 376 g/mol. The number of hydrogen-bond acceptors (Lipinski definition) is 5. The maximum atomic E-state index is 11.8. The first-order valence-electron chi connectivity index (χ1n) is 8.85. The predicted octanol–water partition coefficient (Wildman–Crippen LogP) is 1.38. The molecule has 6 nitrogen and oxygen atoms in total. The van der Waals surface area contributed by atoms with Gasteiger partial charge in [-0.25, -0.2) is 5.01 Å². The molecule has 132 valence electrons. The number of fused-ring (bicyclic) bond motifs is 1. The van der Waals surface area contributed by atoms with Crippen molar-refractivity contribution in [1.82, 2.24) is 15.0 Å². The van der Waals surface area contributed by atoms with Crippen molar-refractivity contribution in [2.75, 3.05) is 19.8 Å². The number of likely N-dealkylation sites (tertiary alicyclic amines) is 1. The van der Waals surface area contributed by atoms with Crippen LogP contribution >= 0.6 is 24.0 Å². The first kappa shape index (κ1) is 16.9. The molecule has 1 unspecified atom stereocenters. The number of nitrogens with zero attached hydrogens (tertiary/aromatic N) is 4. The van der Waals surface area contributed by atoms with E-state index in [9.17, 15) is 4.79 Å². The average molecular weight is 377 g/mol. The molecule has 1 amide bonds. The SMILES string of the molecule is O=C1CCCN2C(=N1)SC(=S)N2C[NH+]1CCCC[C@@H]1c1cccnc1. The highest BCUT2D eigenvalue weighted by molar-refractivity contribution is 8.33. The van der Waals surface area contributed by atoms with Crippen LogP contribution in [0.2, 0.25) is 0 Å². The van der Waals surface area contributed by atoms with Gasteiger partial charge in [-0.2, -0.15) is 4.99 Å². The van der Waals surface area contributed by atoms with Crippen molar-refractivity contribution in [3.05, 3.63) is 30.1 Å². The first-order chi connectivity index (χ1) is 12.2. The van der Waals surface area contributed by atoms with E-state index in [1.54, 1.807) is 0 Å². The van der Waals surface area contributed by atoms with E-state index in [0.29, 0.717) is 12.5 Å². The van der Waals surface area contributed by atoms with Crippen molar-refractivity contribution in [2.45, 2.75) is 38.1 Å². The fourth-order valence-corrected chi connectivity index (χ4v) is 5.07. The number of carbonyl (C=O) groups is 1. The number of thiocarbonyl (C=S) groups is 1. The molecule has 2 saturated heterocycles. The number of nitrogens with one attached hydrogen (secondary N) is 1. The molecule has 0 aliphatic carbocycles. The average Bonchev–Trinajstić information content (AvgIpc) is 2.79. The number of quaternary nitrogens is 1. The van der Waals surface area contributed by atoms with Crippen LogP contribution in [0.25, 0.3) is 0 Å². The molecule has 25 heavy (non-hydrogen) atoms. The summed E-state index contributed by atoms with van der Waals surface area (Å²) in [6.45, 7) is 2.75. The van der Waals surface area contributed by atoms with Gasteiger partial charge in [-0.15, -0.1) is 0 Å². The van der Waals surface area contributed by atoms with E-state index in [0.717, 1.165) is 35.7 Å². The standard InChI is InChI=1S/C17H21N5OS2/c23-15-7-4-10-21-16(19-15)25-17(24)22(21)12-20-9-2-1-6-14(20)13-5-3-8-18-11-13/h3,5,8,11,14H,1-2,4,6-7,9-10,12H2/p+1/t14-/m1/s1. The Bertz CT molecular complexity index is 696. The second kappa shape index (κ2) is 7.39. The summed E-state index contributed by atoms with van der Waals surface area (Å²) in [7, 11) is 0. The normalized spacial score (nSPS) is 27.1. The number of amidine groups is 1. The number of amides is 1. The molecule has 4 heterocycles. The maximum Gasteiger partial charge on any atom is 0.248 e. The molecule has 0 saturated carbocycles. The summed E-state index contributed by atoms with van der Waals surface area (Å²) in [6.07, 6.45) is 8.84. The smallest absolute Gasteiger partial charge is 0.248 e. The lowest BCUT2D eigenvalue weighted by Gasteiger charge is -2.37. The lowest BCUT2D eigenvalue weighted by atomic mass is 9.97. The lowest BCUT2D eigenvalue weighted by molar-refractivity contribution is -0.946. The number of aromatic nitrogens is 1. The van der Waals surface area contributed by atoms with E-state index in [-0.39, 0.29) is 5.91 Å². The minimum atomic E-state index is -0.0341. The Labute approximate surface area is 157 Å². The van der Waals surface area contributed by atoms with Crippen molar-refractivity contribution in [2.24, 2.45) is 4.99 Å². The van der Waals surface area contributed by atoms with Crippen molar-refractivity contribution in [3.8, 4) is 0 Å². The van der Waals surface area contributed by atoms with E-state index in [1.807, 2.05) is 18.5 Å². The summed E-state index contributed by atoms with van der Waals surface area (Å²) >= 11 is 7.04. The summed E-state index contributed by atoms with van der Waals surface area (Å²) in [5.41, 5.74) is 1.30. The Hall–Kier alpha value is -1.51. The number of rotatable bonds is 3. The molecule has 8 heteroatoms. The third-order valence-corrected chi connectivity index (χ3v) is 6.39. The molecule has 3 aliphatic rings. The Morgan fingerprint density at radius 2 is 2.28 bits per heavy atom. The van der Waals surface area contributed by atoms with Gasteiger partial charge in [0.15, 0.2) is 16.2 Å². The van der Waals surface area contributed by atoms with Crippen LogP contribution in [-0.4, -0.2) is 50.2 Å². The molecular weight excluding hydrogens is 354 g/mol. The summed E-state index contributed by atoms with van der Waals surface area (Å²) in [5, 5.41) is 5.02. The van der Waals surface area contributed by atoms with Crippen molar-refractivity contribution in [3.63, 3.8) is 0 Å². The fourth-order valence-electron chi connectivity index (χ4n) is 3.82. The van der Waals surface area contributed by atoms with Gasteiger partial charge in [0, 0.05) is 37.3 Å². The zero-order valence-electron chi connectivity index (χ0n) is 14.1. The molecule has 1 aromatic heterocycles. The third kappa shape index (κ3) is 3.56. The number of hydrogen-bond donors (Lipinski definition) is 1. The lowest BCUT2D eigenvalue weighted by Crippen LogP contribution is -3.14. The second-order valence-electron chi connectivity index (χ2n) is 6.68. The van der Waals surface area contributed by atoms with Crippen LogP contribution in [0.1, 0.15) is 43.7 Å². The van der Waals surface area contributed by atoms with Crippen molar-refractivity contribution >= 4 is 39.4 Å². The largest absolute Gasteiger partial charge is 0.310 e. The Kier molecular flexibility index (Phi) is 5.00. The number of pyridine rings is 1. The number of hydrazine groups is 1. The fraction of sp³-hybridized carbons (Fsp3) is 0.529. The zero-order chi connectivity index (χ0) is 17.2. The quantitative estimate of drug-likeness (QED) is 0.805. The topological polar surface area (TPSA) is 53.2 Å². The number of thioether (sulfide) groups is 1. The molecular formula is C17H22N5OS2+. The second-order valence-corrected chi connectivity index (χ2v) is 8.28. The van der Waals surface area contributed by atoms with E-state index in [4.69, 9.17) is 12.2 Å². The van der Waals surface area contributed by atoms with E-state index < -0.39 is 0 Å². The predicted molar refractivity (Wildman–Crippen MR) is 102 cm³/mol. The molecule has 3 aliphatic heterocycles. The van der Waals surface area contributed by atoms with Gasteiger partial charge in [0.25, 0.3) is 0 Å².